The van der Waals surface area contributed by atoms with Gasteiger partial charge in [-0.1, -0.05) is 29.6 Å². The molecular formula is C14H18Cl2N2. The molecule has 1 saturated heterocycles. The Bertz CT molecular complexity index is 436. The fourth-order valence-electron chi connectivity index (χ4n) is 3.52. The van der Waals surface area contributed by atoms with Crippen LogP contribution in [0.2, 0.25) is 10.2 Å². The first kappa shape index (κ1) is 12.7. The highest BCUT2D eigenvalue weighted by molar-refractivity contribution is 6.34. The minimum absolute atomic E-state index is 0.473. The third kappa shape index (κ3) is 2.52. The lowest BCUT2D eigenvalue weighted by molar-refractivity contribution is 0.106. The van der Waals surface area contributed by atoms with Crippen LogP contribution < -0.4 is 0 Å². The molecule has 2 fully saturated rings. The van der Waals surface area contributed by atoms with Gasteiger partial charge in [-0.25, -0.2) is 4.98 Å². The average Bonchev–Trinajstić information content (AvgIpc) is 2.82. The van der Waals surface area contributed by atoms with E-state index in [2.05, 4.69) is 9.88 Å². The van der Waals surface area contributed by atoms with Gasteiger partial charge in [0, 0.05) is 29.4 Å². The zero-order valence-electron chi connectivity index (χ0n) is 10.4. The molecule has 0 spiro atoms. The number of fused-ring (bicyclic) bond motifs is 1. The molecular weight excluding hydrogens is 267 g/mol. The van der Waals surface area contributed by atoms with Crippen molar-refractivity contribution in [3.63, 3.8) is 0 Å². The first-order valence-electron chi connectivity index (χ1n) is 6.78. The molecule has 1 aromatic rings. The summed E-state index contributed by atoms with van der Waals surface area (Å²) >= 11 is 12.1. The van der Waals surface area contributed by atoms with Crippen LogP contribution in [0.25, 0.3) is 0 Å². The van der Waals surface area contributed by atoms with Gasteiger partial charge in [-0.2, -0.15) is 0 Å². The van der Waals surface area contributed by atoms with Crippen molar-refractivity contribution in [1.29, 1.82) is 0 Å². The van der Waals surface area contributed by atoms with Crippen LogP contribution in [0.3, 0.4) is 0 Å². The van der Waals surface area contributed by atoms with Gasteiger partial charge in [-0.3, -0.25) is 4.90 Å². The molecule has 2 unspecified atom stereocenters. The SMILES string of the molecule is Clc1cc(Cl)c(CN2CCCC3CCCC32)cn1. The smallest absolute Gasteiger partial charge is 0.130 e. The van der Waals surface area contributed by atoms with Crippen molar-refractivity contribution in [2.45, 2.75) is 44.7 Å². The summed E-state index contributed by atoms with van der Waals surface area (Å²) in [5, 5.41) is 1.22. The van der Waals surface area contributed by atoms with Crippen LogP contribution in [0.5, 0.6) is 0 Å². The molecule has 0 radical (unpaired) electrons. The van der Waals surface area contributed by atoms with E-state index >= 15 is 0 Å². The lowest BCUT2D eigenvalue weighted by Crippen LogP contribution is -2.41. The third-order valence-corrected chi connectivity index (χ3v) is 4.94. The zero-order valence-corrected chi connectivity index (χ0v) is 11.9. The standard InChI is InChI=1S/C14H18Cl2N2/c15-12-7-14(16)17-8-11(12)9-18-6-2-4-10-3-1-5-13(10)18/h7-8,10,13H,1-6,9H2. The summed E-state index contributed by atoms with van der Waals surface area (Å²) in [6.45, 7) is 2.12. The van der Waals surface area contributed by atoms with Gasteiger partial charge in [0.25, 0.3) is 0 Å². The Morgan fingerprint density at radius 2 is 2.06 bits per heavy atom. The highest BCUT2D eigenvalue weighted by Gasteiger charge is 2.34. The predicted molar refractivity (Wildman–Crippen MR) is 75.0 cm³/mol. The second kappa shape index (κ2) is 5.36. The molecule has 1 saturated carbocycles. The Hall–Kier alpha value is -0.310. The van der Waals surface area contributed by atoms with Crippen LogP contribution in [0.1, 0.15) is 37.7 Å². The lowest BCUT2D eigenvalue weighted by atomic mass is 9.91. The monoisotopic (exact) mass is 284 g/mol. The fourth-order valence-corrected chi connectivity index (χ4v) is 3.95. The molecule has 0 bridgehead atoms. The molecule has 1 aliphatic heterocycles. The molecule has 0 N–H and O–H groups in total. The third-order valence-electron chi connectivity index (χ3n) is 4.38. The van der Waals surface area contributed by atoms with Crippen molar-refractivity contribution in [2.75, 3.05) is 6.54 Å². The molecule has 2 heterocycles. The summed E-state index contributed by atoms with van der Waals surface area (Å²) in [5.41, 5.74) is 1.11. The van der Waals surface area contributed by atoms with Crippen LogP contribution in [0, 0.1) is 5.92 Å². The van der Waals surface area contributed by atoms with Crippen molar-refractivity contribution >= 4 is 23.2 Å². The molecule has 1 aromatic heterocycles. The molecule has 98 valence electrons. The highest BCUT2D eigenvalue weighted by atomic mass is 35.5. The lowest BCUT2D eigenvalue weighted by Gasteiger charge is -2.37. The Morgan fingerprint density at radius 1 is 1.22 bits per heavy atom. The minimum atomic E-state index is 0.473. The maximum Gasteiger partial charge on any atom is 0.130 e. The van der Waals surface area contributed by atoms with E-state index < -0.39 is 0 Å². The van der Waals surface area contributed by atoms with Gasteiger partial charge in [0.15, 0.2) is 0 Å². The quantitative estimate of drug-likeness (QED) is 0.759. The number of piperidine rings is 1. The van der Waals surface area contributed by atoms with Crippen molar-refractivity contribution in [3.05, 3.63) is 28.0 Å². The van der Waals surface area contributed by atoms with Crippen LogP contribution >= 0.6 is 23.2 Å². The summed E-state index contributed by atoms with van der Waals surface area (Å²) in [4.78, 5) is 6.74. The minimum Gasteiger partial charge on any atom is -0.296 e. The number of rotatable bonds is 2. The van der Waals surface area contributed by atoms with Crippen LogP contribution in [-0.2, 0) is 6.54 Å². The van der Waals surface area contributed by atoms with Gasteiger partial charge in [0.1, 0.15) is 5.15 Å². The number of halogens is 2. The molecule has 0 amide bonds. The second-order valence-electron chi connectivity index (χ2n) is 5.47. The number of nitrogens with zero attached hydrogens (tertiary/aromatic N) is 2. The summed E-state index contributed by atoms with van der Waals surface area (Å²) < 4.78 is 0. The van der Waals surface area contributed by atoms with E-state index in [0.29, 0.717) is 5.15 Å². The number of hydrogen-bond acceptors (Lipinski definition) is 2. The van der Waals surface area contributed by atoms with E-state index in [1.165, 1.54) is 38.6 Å². The maximum absolute atomic E-state index is 6.24. The highest BCUT2D eigenvalue weighted by Crippen LogP contribution is 2.37. The fraction of sp³-hybridized carbons (Fsp3) is 0.643. The van der Waals surface area contributed by atoms with Gasteiger partial charge in [-0.15, -0.1) is 0 Å². The van der Waals surface area contributed by atoms with E-state index in [0.717, 1.165) is 29.1 Å². The Labute approximate surface area is 118 Å². The maximum atomic E-state index is 6.24. The molecule has 18 heavy (non-hydrogen) atoms. The summed E-state index contributed by atoms with van der Waals surface area (Å²) in [7, 11) is 0. The molecule has 2 atom stereocenters. The zero-order chi connectivity index (χ0) is 12.5. The number of likely N-dealkylation sites (tertiary alicyclic amines) is 1. The molecule has 1 aliphatic carbocycles. The normalized spacial score (nSPS) is 28.3. The van der Waals surface area contributed by atoms with Gasteiger partial charge in [-0.05, 0) is 44.2 Å². The van der Waals surface area contributed by atoms with Crippen LogP contribution in [-0.4, -0.2) is 22.5 Å². The van der Waals surface area contributed by atoms with Gasteiger partial charge < -0.3 is 0 Å². The summed E-state index contributed by atoms with van der Waals surface area (Å²) in [5.74, 6) is 0.915. The Balaban J connectivity index is 1.75. The van der Waals surface area contributed by atoms with Crippen molar-refractivity contribution in [1.82, 2.24) is 9.88 Å². The molecule has 2 aliphatic rings. The Kier molecular flexibility index (Phi) is 3.78. The van der Waals surface area contributed by atoms with Crippen molar-refractivity contribution < 1.29 is 0 Å². The first-order valence-corrected chi connectivity index (χ1v) is 7.53. The van der Waals surface area contributed by atoms with E-state index in [-0.39, 0.29) is 0 Å². The second-order valence-corrected chi connectivity index (χ2v) is 6.26. The van der Waals surface area contributed by atoms with Crippen molar-refractivity contribution in [2.24, 2.45) is 5.92 Å². The number of pyridine rings is 1. The first-order chi connectivity index (χ1) is 8.74. The molecule has 0 aromatic carbocycles. The molecule has 2 nitrogen and oxygen atoms in total. The van der Waals surface area contributed by atoms with Crippen LogP contribution in [0.15, 0.2) is 12.3 Å². The molecule has 3 rings (SSSR count). The average molecular weight is 285 g/mol. The number of hydrogen-bond donors (Lipinski definition) is 0. The van der Waals surface area contributed by atoms with E-state index in [1.54, 1.807) is 6.07 Å². The molecule has 4 heteroatoms. The number of aromatic nitrogens is 1. The van der Waals surface area contributed by atoms with Gasteiger partial charge >= 0.3 is 0 Å². The van der Waals surface area contributed by atoms with E-state index in [9.17, 15) is 0 Å². The van der Waals surface area contributed by atoms with Gasteiger partial charge in [0.2, 0.25) is 0 Å². The largest absolute Gasteiger partial charge is 0.296 e. The van der Waals surface area contributed by atoms with Crippen LogP contribution in [0.4, 0.5) is 0 Å². The van der Waals surface area contributed by atoms with E-state index in [1.807, 2.05) is 6.20 Å². The Morgan fingerprint density at radius 3 is 2.89 bits per heavy atom. The van der Waals surface area contributed by atoms with E-state index in [4.69, 9.17) is 23.2 Å². The predicted octanol–water partition coefficient (Wildman–Crippen LogP) is 4.15. The summed E-state index contributed by atoms with van der Waals surface area (Å²) in [6.07, 6.45) is 8.70. The topological polar surface area (TPSA) is 16.1 Å². The summed E-state index contributed by atoms with van der Waals surface area (Å²) in [6, 6.07) is 2.51. The van der Waals surface area contributed by atoms with Gasteiger partial charge in [0.05, 0.1) is 0 Å². The van der Waals surface area contributed by atoms with Crippen molar-refractivity contribution in [3.8, 4) is 0 Å².